The van der Waals surface area contributed by atoms with E-state index in [9.17, 15) is 9.59 Å². The average molecular weight is 287 g/mol. The first kappa shape index (κ1) is 13.8. The molecule has 3 rings (SSSR count). The SMILES string of the molecule is Cc1ccn2c(=O)cc(CN(CC(=O)O)C3CC3)nc2c1. The Kier molecular flexibility index (Phi) is 3.47. The van der Waals surface area contributed by atoms with Crippen LogP contribution in [0.5, 0.6) is 0 Å². The molecule has 1 N–H and O–H groups in total. The molecule has 6 heteroatoms. The third-order valence-electron chi connectivity index (χ3n) is 3.64. The number of carbonyl (C=O) groups is 1. The van der Waals surface area contributed by atoms with Crippen LogP contribution in [0.2, 0.25) is 0 Å². The molecule has 1 aliphatic rings. The molecule has 2 aromatic rings. The first-order valence-corrected chi connectivity index (χ1v) is 6.98. The van der Waals surface area contributed by atoms with Gasteiger partial charge >= 0.3 is 5.97 Å². The number of pyridine rings is 1. The standard InChI is InChI=1S/C15H17N3O3/c1-10-4-5-18-13(6-10)16-11(7-14(18)19)8-17(9-15(20)21)12-2-3-12/h4-7,12H,2-3,8-9H2,1H3,(H,20,21). The minimum Gasteiger partial charge on any atom is -0.480 e. The van der Waals surface area contributed by atoms with E-state index in [4.69, 9.17) is 5.11 Å². The zero-order chi connectivity index (χ0) is 15.0. The summed E-state index contributed by atoms with van der Waals surface area (Å²) in [5, 5.41) is 8.97. The van der Waals surface area contributed by atoms with Gasteiger partial charge in [-0.1, -0.05) is 0 Å². The molecular weight excluding hydrogens is 270 g/mol. The minimum atomic E-state index is -0.852. The van der Waals surface area contributed by atoms with E-state index >= 15 is 0 Å². The summed E-state index contributed by atoms with van der Waals surface area (Å²) in [6, 6.07) is 5.50. The molecule has 2 heterocycles. The van der Waals surface area contributed by atoms with E-state index in [0.717, 1.165) is 18.4 Å². The third kappa shape index (κ3) is 3.11. The van der Waals surface area contributed by atoms with Crippen LogP contribution in [0, 0.1) is 6.92 Å². The van der Waals surface area contributed by atoms with Gasteiger partial charge in [0, 0.05) is 24.8 Å². The Balaban J connectivity index is 1.92. The Morgan fingerprint density at radius 3 is 2.90 bits per heavy atom. The topological polar surface area (TPSA) is 74.9 Å². The van der Waals surface area contributed by atoms with E-state index in [1.54, 1.807) is 6.20 Å². The van der Waals surface area contributed by atoms with Gasteiger partial charge in [0.2, 0.25) is 0 Å². The highest BCUT2D eigenvalue weighted by molar-refractivity contribution is 5.69. The average Bonchev–Trinajstić information content (AvgIpc) is 3.21. The van der Waals surface area contributed by atoms with Crippen LogP contribution in [0.1, 0.15) is 24.1 Å². The number of nitrogens with zero attached hydrogens (tertiary/aromatic N) is 3. The van der Waals surface area contributed by atoms with Crippen LogP contribution in [0.25, 0.3) is 5.65 Å². The molecule has 1 aliphatic carbocycles. The van der Waals surface area contributed by atoms with Gasteiger partial charge in [0.1, 0.15) is 5.65 Å². The van der Waals surface area contributed by atoms with Gasteiger partial charge in [0.05, 0.1) is 12.2 Å². The first-order valence-electron chi connectivity index (χ1n) is 6.98. The second-order valence-electron chi connectivity index (χ2n) is 5.55. The van der Waals surface area contributed by atoms with Gasteiger partial charge in [-0.05, 0) is 37.5 Å². The largest absolute Gasteiger partial charge is 0.480 e. The molecule has 0 unspecified atom stereocenters. The van der Waals surface area contributed by atoms with Crippen molar-refractivity contribution >= 4 is 11.6 Å². The van der Waals surface area contributed by atoms with Crippen LogP contribution < -0.4 is 5.56 Å². The number of fused-ring (bicyclic) bond motifs is 1. The predicted molar refractivity (Wildman–Crippen MR) is 77.3 cm³/mol. The first-order chi connectivity index (χ1) is 10.0. The molecule has 0 atom stereocenters. The predicted octanol–water partition coefficient (Wildman–Crippen LogP) is 1.05. The summed E-state index contributed by atoms with van der Waals surface area (Å²) in [7, 11) is 0. The Morgan fingerprint density at radius 1 is 1.48 bits per heavy atom. The minimum absolute atomic E-state index is 0.0144. The van der Waals surface area contributed by atoms with E-state index in [0.29, 0.717) is 23.9 Å². The van der Waals surface area contributed by atoms with Crippen LogP contribution in [-0.2, 0) is 11.3 Å². The summed E-state index contributed by atoms with van der Waals surface area (Å²) in [4.78, 5) is 29.4. The summed E-state index contributed by atoms with van der Waals surface area (Å²) in [6.45, 7) is 2.33. The normalized spacial score (nSPS) is 14.8. The van der Waals surface area contributed by atoms with Crippen molar-refractivity contribution in [2.75, 3.05) is 6.54 Å². The van der Waals surface area contributed by atoms with Crippen LogP contribution in [0.3, 0.4) is 0 Å². The molecule has 0 radical (unpaired) electrons. The zero-order valence-corrected chi connectivity index (χ0v) is 11.8. The molecule has 6 nitrogen and oxygen atoms in total. The molecule has 0 amide bonds. The quantitative estimate of drug-likeness (QED) is 0.889. The maximum absolute atomic E-state index is 12.1. The molecule has 1 fully saturated rings. The number of aromatic nitrogens is 2. The van der Waals surface area contributed by atoms with Crippen LogP contribution in [0.4, 0.5) is 0 Å². The van der Waals surface area contributed by atoms with Gasteiger partial charge in [0.15, 0.2) is 0 Å². The summed E-state index contributed by atoms with van der Waals surface area (Å²) >= 11 is 0. The Morgan fingerprint density at radius 2 is 2.24 bits per heavy atom. The van der Waals surface area contributed by atoms with E-state index in [1.165, 1.54) is 10.5 Å². The summed E-state index contributed by atoms with van der Waals surface area (Å²) < 4.78 is 1.50. The number of hydrogen-bond donors (Lipinski definition) is 1. The lowest BCUT2D eigenvalue weighted by Crippen LogP contribution is -2.32. The second kappa shape index (κ2) is 5.29. The van der Waals surface area contributed by atoms with Crippen molar-refractivity contribution in [3.63, 3.8) is 0 Å². The Labute approximate surface area is 121 Å². The Bertz CT molecular complexity index is 749. The molecule has 0 aliphatic heterocycles. The molecule has 2 aromatic heterocycles. The van der Waals surface area contributed by atoms with Gasteiger partial charge in [-0.15, -0.1) is 0 Å². The van der Waals surface area contributed by atoms with Crippen molar-refractivity contribution in [1.29, 1.82) is 0 Å². The van der Waals surface area contributed by atoms with Crippen LogP contribution in [-0.4, -0.2) is 37.9 Å². The van der Waals surface area contributed by atoms with Gasteiger partial charge in [-0.25, -0.2) is 4.98 Å². The fourth-order valence-electron chi connectivity index (χ4n) is 2.47. The maximum atomic E-state index is 12.1. The van der Waals surface area contributed by atoms with Crippen LogP contribution >= 0.6 is 0 Å². The fraction of sp³-hybridized carbons (Fsp3) is 0.400. The third-order valence-corrected chi connectivity index (χ3v) is 3.64. The van der Waals surface area contributed by atoms with E-state index in [1.807, 2.05) is 24.0 Å². The molecule has 0 saturated heterocycles. The lowest BCUT2D eigenvalue weighted by molar-refractivity contribution is -0.138. The highest BCUT2D eigenvalue weighted by Crippen LogP contribution is 2.27. The molecule has 110 valence electrons. The molecule has 0 spiro atoms. The van der Waals surface area contributed by atoms with Crippen molar-refractivity contribution in [3.8, 4) is 0 Å². The van der Waals surface area contributed by atoms with Gasteiger partial charge in [-0.3, -0.25) is 18.9 Å². The number of aryl methyl sites for hydroxylation is 1. The molecular formula is C15H17N3O3. The van der Waals surface area contributed by atoms with Crippen molar-refractivity contribution in [2.45, 2.75) is 32.4 Å². The smallest absolute Gasteiger partial charge is 0.317 e. The number of rotatable bonds is 5. The highest BCUT2D eigenvalue weighted by Gasteiger charge is 2.30. The number of carboxylic acid groups (broad SMARTS) is 1. The van der Waals surface area contributed by atoms with Crippen LogP contribution in [0.15, 0.2) is 29.2 Å². The zero-order valence-electron chi connectivity index (χ0n) is 11.8. The van der Waals surface area contributed by atoms with Gasteiger partial charge in [0.25, 0.3) is 5.56 Å². The van der Waals surface area contributed by atoms with Crippen molar-refractivity contribution in [2.24, 2.45) is 0 Å². The Hall–Kier alpha value is -2.21. The molecule has 0 aromatic carbocycles. The molecule has 21 heavy (non-hydrogen) atoms. The van der Waals surface area contributed by atoms with E-state index < -0.39 is 5.97 Å². The lowest BCUT2D eigenvalue weighted by Gasteiger charge is -2.19. The van der Waals surface area contributed by atoms with Crippen molar-refractivity contribution in [3.05, 3.63) is 46.0 Å². The number of carboxylic acids is 1. The summed E-state index contributed by atoms with van der Waals surface area (Å²) in [5.41, 5.74) is 2.12. The number of hydrogen-bond acceptors (Lipinski definition) is 4. The number of aliphatic carboxylic acids is 1. The van der Waals surface area contributed by atoms with E-state index in [2.05, 4.69) is 4.98 Å². The summed E-state index contributed by atoms with van der Waals surface area (Å²) in [5.74, 6) is -0.852. The fourth-order valence-corrected chi connectivity index (χ4v) is 2.47. The molecule has 0 bridgehead atoms. The monoisotopic (exact) mass is 287 g/mol. The highest BCUT2D eigenvalue weighted by atomic mass is 16.4. The van der Waals surface area contributed by atoms with Crippen molar-refractivity contribution < 1.29 is 9.90 Å². The molecule has 1 saturated carbocycles. The second-order valence-corrected chi connectivity index (χ2v) is 5.55. The van der Waals surface area contributed by atoms with E-state index in [-0.39, 0.29) is 12.1 Å². The maximum Gasteiger partial charge on any atom is 0.317 e. The lowest BCUT2D eigenvalue weighted by atomic mass is 10.3. The van der Waals surface area contributed by atoms with Gasteiger partial charge in [-0.2, -0.15) is 0 Å². The summed E-state index contributed by atoms with van der Waals surface area (Å²) in [6.07, 6.45) is 3.73. The van der Waals surface area contributed by atoms with Gasteiger partial charge < -0.3 is 5.11 Å². The van der Waals surface area contributed by atoms with Crippen molar-refractivity contribution in [1.82, 2.24) is 14.3 Å².